The summed E-state index contributed by atoms with van der Waals surface area (Å²) < 4.78 is 0. The predicted octanol–water partition coefficient (Wildman–Crippen LogP) is 1.96. The van der Waals surface area contributed by atoms with Crippen LogP contribution in [-0.4, -0.2) is 47.0 Å². The number of nitrogens with zero attached hydrogens (tertiary/aromatic N) is 3. The van der Waals surface area contributed by atoms with E-state index in [1.54, 1.807) is 19.4 Å². The van der Waals surface area contributed by atoms with Crippen LogP contribution in [0.1, 0.15) is 16.9 Å². The van der Waals surface area contributed by atoms with Gasteiger partial charge in [-0.05, 0) is 25.1 Å². The number of hydrogen-bond donors (Lipinski definition) is 4. The summed E-state index contributed by atoms with van der Waals surface area (Å²) in [5, 5.41) is 15.5. The first kappa shape index (κ1) is 16.7. The zero-order valence-electron chi connectivity index (χ0n) is 14.2. The van der Waals surface area contributed by atoms with E-state index in [1.807, 2.05) is 17.5 Å². The number of amides is 1. The van der Waals surface area contributed by atoms with Gasteiger partial charge in [-0.25, -0.2) is 15.0 Å². The van der Waals surface area contributed by atoms with Crippen molar-refractivity contribution in [2.24, 2.45) is 0 Å². The standard InChI is InChI=1S/C17H19N7OS/c1-18-16(25)14-15(23-12-9-26-17-11(12)3-2-5-20-17)24-13(8-21-14)22-10-4-6-19-7-10/h2-3,5,8-10,19H,4,6-7H2,1H3,(H,18,25)(H2,22,23,24). The second-order valence-corrected chi connectivity index (χ2v) is 6.85. The number of hydrogen-bond acceptors (Lipinski definition) is 8. The fourth-order valence-electron chi connectivity index (χ4n) is 2.91. The molecule has 9 heteroatoms. The maximum Gasteiger partial charge on any atom is 0.273 e. The molecule has 4 heterocycles. The third-order valence-electron chi connectivity index (χ3n) is 4.23. The highest BCUT2D eigenvalue weighted by molar-refractivity contribution is 7.17. The Balaban J connectivity index is 1.67. The number of carbonyl (C=O) groups is 1. The van der Waals surface area contributed by atoms with E-state index < -0.39 is 0 Å². The molecule has 0 bridgehead atoms. The van der Waals surface area contributed by atoms with Gasteiger partial charge in [-0.15, -0.1) is 11.3 Å². The average Bonchev–Trinajstić information content (AvgIpc) is 3.32. The van der Waals surface area contributed by atoms with E-state index in [0.717, 1.165) is 35.4 Å². The highest BCUT2D eigenvalue weighted by Gasteiger charge is 2.19. The SMILES string of the molecule is CNC(=O)c1ncc(NC2CCNC2)nc1Nc1csc2ncccc12. The zero-order chi connectivity index (χ0) is 17.9. The Labute approximate surface area is 154 Å². The van der Waals surface area contributed by atoms with Crippen LogP contribution in [0.4, 0.5) is 17.3 Å². The van der Waals surface area contributed by atoms with Crippen LogP contribution in [0.3, 0.4) is 0 Å². The second kappa shape index (κ2) is 7.22. The van der Waals surface area contributed by atoms with Crippen molar-refractivity contribution in [2.75, 3.05) is 30.8 Å². The minimum Gasteiger partial charge on any atom is -0.365 e. The van der Waals surface area contributed by atoms with E-state index in [4.69, 9.17) is 0 Å². The molecule has 1 aliphatic heterocycles. The number of carbonyl (C=O) groups excluding carboxylic acids is 1. The minimum atomic E-state index is -0.285. The van der Waals surface area contributed by atoms with Crippen molar-refractivity contribution in [3.05, 3.63) is 35.6 Å². The molecule has 0 aliphatic carbocycles. The summed E-state index contributed by atoms with van der Waals surface area (Å²) in [4.78, 5) is 26.4. The van der Waals surface area contributed by atoms with Crippen LogP contribution in [0.2, 0.25) is 0 Å². The van der Waals surface area contributed by atoms with E-state index in [9.17, 15) is 4.79 Å². The van der Waals surface area contributed by atoms with Crippen molar-refractivity contribution >= 4 is 44.8 Å². The maximum atomic E-state index is 12.2. The Morgan fingerprint density at radius 3 is 3.12 bits per heavy atom. The van der Waals surface area contributed by atoms with Gasteiger partial charge in [0.15, 0.2) is 11.5 Å². The molecule has 0 spiro atoms. The molecule has 3 aromatic heterocycles. The molecule has 8 nitrogen and oxygen atoms in total. The van der Waals surface area contributed by atoms with Crippen molar-refractivity contribution in [3.8, 4) is 0 Å². The number of thiophene rings is 1. The Bertz CT molecular complexity index is 936. The third-order valence-corrected chi connectivity index (χ3v) is 5.13. The summed E-state index contributed by atoms with van der Waals surface area (Å²) >= 11 is 1.54. The lowest BCUT2D eigenvalue weighted by atomic mass is 10.2. The van der Waals surface area contributed by atoms with Gasteiger partial charge in [0.2, 0.25) is 0 Å². The lowest BCUT2D eigenvalue weighted by Crippen LogP contribution is -2.25. The molecule has 134 valence electrons. The molecule has 1 fully saturated rings. The lowest BCUT2D eigenvalue weighted by Gasteiger charge is -2.15. The minimum absolute atomic E-state index is 0.255. The number of nitrogens with one attached hydrogen (secondary N) is 4. The summed E-state index contributed by atoms with van der Waals surface area (Å²) in [5.74, 6) is 0.780. The molecule has 0 radical (unpaired) electrons. The number of aromatic nitrogens is 3. The van der Waals surface area contributed by atoms with Crippen LogP contribution < -0.4 is 21.3 Å². The fourth-order valence-corrected chi connectivity index (χ4v) is 3.75. The molecule has 4 N–H and O–H groups in total. The Kier molecular flexibility index (Phi) is 4.63. The van der Waals surface area contributed by atoms with Gasteiger partial charge >= 0.3 is 0 Å². The third kappa shape index (κ3) is 3.31. The molecular weight excluding hydrogens is 350 g/mol. The van der Waals surface area contributed by atoms with Crippen molar-refractivity contribution in [2.45, 2.75) is 12.5 Å². The van der Waals surface area contributed by atoms with Crippen molar-refractivity contribution < 1.29 is 4.79 Å². The van der Waals surface area contributed by atoms with E-state index in [0.29, 0.717) is 17.7 Å². The fraction of sp³-hybridized carbons (Fsp3) is 0.294. The molecule has 1 unspecified atom stereocenters. The smallest absolute Gasteiger partial charge is 0.273 e. The Morgan fingerprint density at radius 2 is 2.31 bits per heavy atom. The van der Waals surface area contributed by atoms with Gasteiger partial charge in [0.05, 0.1) is 11.9 Å². The summed E-state index contributed by atoms with van der Waals surface area (Å²) in [6.45, 7) is 1.88. The van der Waals surface area contributed by atoms with Gasteiger partial charge in [0.1, 0.15) is 10.6 Å². The number of rotatable bonds is 5. The highest BCUT2D eigenvalue weighted by atomic mass is 32.1. The molecular formula is C17H19N7OS. The maximum absolute atomic E-state index is 12.2. The highest BCUT2D eigenvalue weighted by Crippen LogP contribution is 2.31. The summed E-state index contributed by atoms with van der Waals surface area (Å²) in [5.41, 5.74) is 1.11. The average molecular weight is 369 g/mol. The van der Waals surface area contributed by atoms with Gasteiger partial charge in [0.25, 0.3) is 5.91 Å². The number of fused-ring (bicyclic) bond motifs is 1. The van der Waals surface area contributed by atoms with Crippen molar-refractivity contribution in [1.29, 1.82) is 0 Å². The molecule has 1 atom stereocenters. The topological polar surface area (TPSA) is 104 Å². The first-order valence-corrected chi connectivity index (χ1v) is 9.28. The number of anilines is 3. The molecule has 0 saturated carbocycles. The van der Waals surface area contributed by atoms with Crippen LogP contribution >= 0.6 is 11.3 Å². The van der Waals surface area contributed by atoms with Crippen LogP contribution in [0.15, 0.2) is 29.9 Å². The van der Waals surface area contributed by atoms with Gasteiger partial charge in [0, 0.05) is 36.6 Å². The summed E-state index contributed by atoms with van der Waals surface area (Å²) in [6.07, 6.45) is 4.39. The van der Waals surface area contributed by atoms with E-state index in [-0.39, 0.29) is 11.6 Å². The van der Waals surface area contributed by atoms with Crippen molar-refractivity contribution in [3.63, 3.8) is 0 Å². The quantitative estimate of drug-likeness (QED) is 0.545. The van der Waals surface area contributed by atoms with Gasteiger partial charge in [-0.3, -0.25) is 4.79 Å². The van der Waals surface area contributed by atoms with Gasteiger partial charge in [-0.2, -0.15) is 0 Å². The van der Waals surface area contributed by atoms with E-state index >= 15 is 0 Å². The lowest BCUT2D eigenvalue weighted by molar-refractivity contribution is 0.0959. The second-order valence-electron chi connectivity index (χ2n) is 6.00. The molecule has 4 rings (SSSR count). The number of pyridine rings is 1. The Hall–Kier alpha value is -2.78. The molecule has 3 aromatic rings. The molecule has 1 aliphatic rings. The summed E-state index contributed by atoms with van der Waals surface area (Å²) in [7, 11) is 1.58. The molecule has 0 aromatic carbocycles. The van der Waals surface area contributed by atoms with Crippen LogP contribution in [0.25, 0.3) is 10.2 Å². The summed E-state index contributed by atoms with van der Waals surface area (Å²) in [6, 6.07) is 4.19. The molecule has 26 heavy (non-hydrogen) atoms. The predicted molar refractivity (Wildman–Crippen MR) is 103 cm³/mol. The van der Waals surface area contributed by atoms with Crippen LogP contribution in [0, 0.1) is 0 Å². The Morgan fingerprint density at radius 1 is 1.38 bits per heavy atom. The van der Waals surface area contributed by atoms with E-state index in [2.05, 4.69) is 36.2 Å². The monoisotopic (exact) mass is 369 g/mol. The molecule has 1 saturated heterocycles. The van der Waals surface area contributed by atoms with Gasteiger partial charge < -0.3 is 21.3 Å². The normalized spacial score (nSPS) is 16.6. The van der Waals surface area contributed by atoms with Crippen LogP contribution in [-0.2, 0) is 0 Å². The van der Waals surface area contributed by atoms with Gasteiger partial charge in [-0.1, -0.05) is 0 Å². The van der Waals surface area contributed by atoms with Crippen LogP contribution in [0.5, 0.6) is 0 Å². The first-order valence-electron chi connectivity index (χ1n) is 8.40. The molecule has 1 amide bonds. The zero-order valence-corrected chi connectivity index (χ0v) is 15.1. The first-order chi connectivity index (χ1) is 12.7. The van der Waals surface area contributed by atoms with E-state index in [1.165, 1.54) is 11.3 Å². The largest absolute Gasteiger partial charge is 0.365 e. The van der Waals surface area contributed by atoms with Crippen molar-refractivity contribution in [1.82, 2.24) is 25.6 Å².